The highest BCUT2D eigenvalue weighted by molar-refractivity contribution is 5.97. The van der Waals surface area contributed by atoms with Crippen LogP contribution in [0.5, 0.6) is 0 Å². The van der Waals surface area contributed by atoms with Gasteiger partial charge >= 0.3 is 0 Å². The first-order valence-corrected chi connectivity index (χ1v) is 19.2. The van der Waals surface area contributed by atoms with Crippen LogP contribution >= 0.6 is 0 Å². The van der Waals surface area contributed by atoms with E-state index in [1.165, 1.54) is 0 Å². The molecule has 3 saturated carbocycles. The molecule has 3 aliphatic carbocycles. The molecule has 7 atom stereocenters. The fourth-order valence-corrected chi connectivity index (χ4v) is 10.6. The minimum absolute atomic E-state index is 0.0343. The first-order chi connectivity index (χ1) is 23.4. The lowest BCUT2D eigenvalue weighted by molar-refractivity contribution is -0.142. The molecule has 5 unspecified atom stereocenters. The second-order valence-corrected chi connectivity index (χ2v) is 19.6. The normalized spacial score (nSPS) is 33.6. The average Bonchev–Trinajstić information content (AvgIpc) is 3.72. The quantitative estimate of drug-likeness (QED) is 0.203. The Bertz CT molecular complexity index is 1470. The van der Waals surface area contributed by atoms with Crippen LogP contribution in [0.3, 0.4) is 0 Å². The van der Waals surface area contributed by atoms with Gasteiger partial charge in [0.2, 0.25) is 17.7 Å². The van der Waals surface area contributed by atoms with Crippen LogP contribution in [0.4, 0.5) is 0 Å². The molecular weight excluding hydrogens is 642 g/mol. The Kier molecular flexibility index (Phi) is 9.71. The van der Waals surface area contributed by atoms with Crippen LogP contribution in [0, 0.1) is 33.0 Å². The number of rotatable bonds is 11. The molecule has 7 N–H and O–H groups in total. The third-order valence-electron chi connectivity index (χ3n) is 14.2. The van der Waals surface area contributed by atoms with E-state index in [2.05, 4.69) is 61.7 Å². The third kappa shape index (κ3) is 6.02. The molecule has 0 aromatic carbocycles. The Balaban J connectivity index is 1.43. The largest absolute Gasteiger partial charge is 0.375 e. The topological polar surface area (TPSA) is 163 Å². The summed E-state index contributed by atoms with van der Waals surface area (Å²) in [6.45, 7) is 30.2. The molecule has 2 saturated heterocycles. The van der Waals surface area contributed by atoms with Crippen molar-refractivity contribution >= 4 is 23.6 Å². The Labute approximate surface area is 306 Å². The van der Waals surface area contributed by atoms with Crippen molar-refractivity contribution in [3.63, 3.8) is 0 Å². The van der Waals surface area contributed by atoms with Gasteiger partial charge in [-0.05, 0) is 80.5 Å². The van der Waals surface area contributed by atoms with Crippen LogP contribution in [0.15, 0.2) is 24.9 Å². The van der Waals surface area contributed by atoms with E-state index in [1.807, 2.05) is 41.5 Å². The summed E-state index contributed by atoms with van der Waals surface area (Å²) in [5.41, 5.74) is 9.69. The van der Waals surface area contributed by atoms with E-state index in [4.69, 9.17) is 11.5 Å². The molecular formula is C40H67N7O4. The van der Waals surface area contributed by atoms with Gasteiger partial charge in [0.05, 0.1) is 6.04 Å². The molecule has 4 amide bonds. The monoisotopic (exact) mass is 710 g/mol. The van der Waals surface area contributed by atoms with Crippen LogP contribution in [0.1, 0.15) is 121 Å². The number of fused-ring (bicyclic) bond motifs is 1. The number of likely N-dealkylation sites (tertiary alicyclic amines) is 2. The lowest BCUT2D eigenvalue weighted by atomic mass is 9.73. The van der Waals surface area contributed by atoms with E-state index in [0.29, 0.717) is 31.5 Å². The number of hydrogen-bond acceptors (Lipinski definition) is 7. The Morgan fingerprint density at radius 3 is 1.94 bits per heavy atom. The smallest absolute Gasteiger partial charge is 0.255 e. The van der Waals surface area contributed by atoms with Crippen LogP contribution < -0.4 is 27.4 Å². The minimum atomic E-state index is -1.17. The molecule has 2 aliphatic heterocycles. The van der Waals surface area contributed by atoms with Crippen molar-refractivity contribution in [3.8, 4) is 0 Å². The zero-order valence-corrected chi connectivity index (χ0v) is 33.1. The van der Waals surface area contributed by atoms with E-state index in [1.54, 1.807) is 11.0 Å². The number of primary amides is 1. The van der Waals surface area contributed by atoms with Crippen LogP contribution in [-0.2, 0) is 19.2 Å². The van der Waals surface area contributed by atoms with Crippen molar-refractivity contribution in [1.82, 2.24) is 25.8 Å². The molecule has 0 aromatic heterocycles. The third-order valence-corrected chi connectivity index (χ3v) is 14.2. The van der Waals surface area contributed by atoms with Crippen LogP contribution in [-0.4, -0.2) is 81.9 Å². The molecule has 286 valence electrons. The summed E-state index contributed by atoms with van der Waals surface area (Å²) >= 11 is 0. The summed E-state index contributed by atoms with van der Waals surface area (Å²) in [6.07, 6.45) is 8.33. The lowest BCUT2D eigenvalue weighted by Crippen LogP contribution is -2.70. The first kappa shape index (κ1) is 39.3. The van der Waals surface area contributed by atoms with Crippen molar-refractivity contribution in [3.05, 3.63) is 24.9 Å². The summed E-state index contributed by atoms with van der Waals surface area (Å²) in [5, 5.41) is 9.74. The fraction of sp³-hybridized carbons (Fsp3) is 0.800. The summed E-state index contributed by atoms with van der Waals surface area (Å²) in [4.78, 5) is 59.9. The molecule has 0 bridgehead atoms. The summed E-state index contributed by atoms with van der Waals surface area (Å²) in [5.74, 6) is -1.62. The van der Waals surface area contributed by atoms with Crippen LogP contribution in [0.25, 0.3) is 0 Å². The van der Waals surface area contributed by atoms with Gasteiger partial charge in [-0.3, -0.25) is 24.1 Å². The highest BCUT2D eigenvalue weighted by atomic mass is 16.2. The highest BCUT2D eigenvalue weighted by Crippen LogP contribution is 2.88. The van der Waals surface area contributed by atoms with E-state index < -0.39 is 46.1 Å². The number of nitrogens with zero attached hydrogens (tertiary/aromatic N) is 2. The van der Waals surface area contributed by atoms with Gasteiger partial charge in [0.15, 0.2) is 0 Å². The number of nitrogens with one attached hydrogen (secondary N) is 3. The predicted octanol–water partition coefficient (Wildman–Crippen LogP) is 3.93. The lowest BCUT2D eigenvalue weighted by Gasteiger charge is -2.47. The average molecular weight is 710 g/mol. The Morgan fingerprint density at radius 2 is 1.49 bits per heavy atom. The molecule has 2 spiro atoms. The van der Waals surface area contributed by atoms with E-state index in [0.717, 1.165) is 38.6 Å². The number of nitrogens with two attached hydrogens (primary N) is 2. The summed E-state index contributed by atoms with van der Waals surface area (Å²) < 4.78 is 0. The van der Waals surface area contributed by atoms with Crippen molar-refractivity contribution < 1.29 is 19.2 Å². The molecule has 11 heteroatoms. The number of hydrogen-bond donors (Lipinski definition) is 5. The second kappa shape index (κ2) is 12.6. The molecule has 0 aromatic rings. The maximum atomic E-state index is 15.1. The second-order valence-electron chi connectivity index (χ2n) is 19.6. The van der Waals surface area contributed by atoms with Gasteiger partial charge < -0.3 is 32.3 Å². The molecule has 5 aliphatic rings. The Hall–Kier alpha value is -2.92. The van der Waals surface area contributed by atoms with Crippen molar-refractivity contribution in [1.29, 1.82) is 0 Å². The maximum absolute atomic E-state index is 15.1. The van der Waals surface area contributed by atoms with E-state index in [-0.39, 0.29) is 45.9 Å². The standard InChI is InChI=1S/C40H67N7O4/c1-13-26-21-39(26,32(41)50)45-30(48)27-22-38(36(11,12)37(38)17-16-18-37)23-46(27)31(49)29(35(8,9)10)43-25(4)28(34(5,6)7)44-33(51)40(42)19-14-15-20-47(40)24(2)3/h13,24,26-29,43H,1,4,14-23,42H2,2-3,5-12H3,(H2,41,50)(H,44,51)(H,45,48)/t26?,27?,28-,29?,38?,39-,40?/m1/s1. The molecule has 2 heterocycles. The minimum Gasteiger partial charge on any atom is -0.375 e. The van der Waals surface area contributed by atoms with E-state index in [9.17, 15) is 14.4 Å². The zero-order valence-electron chi connectivity index (χ0n) is 33.1. The van der Waals surface area contributed by atoms with Crippen molar-refractivity contribution in [2.75, 3.05) is 13.1 Å². The van der Waals surface area contributed by atoms with Gasteiger partial charge in [-0.1, -0.05) is 74.5 Å². The fourth-order valence-electron chi connectivity index (χ4n) is 10.6. The zero-order chi connectivity index (χ0) is 38.3. The number of piperidine rings is 1. The molecule has 5 rings (SSSR count). The maximum Gasteiger partial charge on any atom is 0.255 e. The first-order valence-electron chi connectivity index (χ1n) is 19.2. The summed E-state index contributed by atoms with van der Waals surface area (Å²) in [7, 11) is 0. The predicted molar refractivity (Wildman–Crippen MR) is 201 cm³/mol. The van der Waals surface area contributed by atoms with E-state index >= 15 is 4.79 Å². The van der Waals surface area contributed by atoms with Gasteiger partial charge in [0.1, 0.15) is 23.3 Å². The molecule has 5 fully saturated rings. The van der Waals surface area contributed by atoms with Crippen molar-refractivity contribution in [2.24, 2.45) is 44.5 Å². The van der Waals surface area contributed by atoms with Gasteiger partial charge in [-0.2, -0.15) is 0 Å². The number of carbonyl (C=O) groups excluding carboxylic acids is 4. The Morgan fingerprint density at radius 1 is 0.882 bits per heavy atom. The van der Waals surface area contributed by atoms with Gasteiger partial charge in [-0.25, -0.2) is 0 Å². The number of amides is 4. The van der Waals surface area contributed by atoms with Gasteiger partial charge in [0, 0.05) is 36.2 Å². The van der Waals surface area contributed by atoms with Crippen molar-refractivity contribution in [2.45, 2.75) is 156 Å². The summed E-state index contributed by atoms with van der Waals surface area (Å²) in [6, 6.07) is -1.98. The molecule has 11 nitrogen and oxygen atoms in total. The number of carbonyl (C=O) groups is 4. The van der Waals surface area contributed by atoms with Gasteiger partial charge in [-0.15, -0.1) is 6.58 Å². The van der Waals surface area contributed by atoms with Crippen LogP contribution in [0.2, 0.25) is 0 Å². The SMILES string of the molecule is C=CC1C[C@]1(NC(=O)C1CC2(CN1C(=O)C(NC(=C)[C@@H](NC(=O)C1(N)CCCCN1C(C)C)C(C)(C)C)C(C)(C)C)C(C)(C)C21CCC1)C(N)=O. The molecule has 51 heavy (non-hydrogen) atoms. The highest BCUT2D eigenvalue weighted by Gasteiger charge is 2.85. The molecule has 0 radical (unpaired) electrons. The van der Waals surface area contributed by atoms with Gasteiger partial charge in [0.25, 0.3) is 5.91 Å².